The molecule has 1 saturated heterocycles. The van der Waals surface area contributed by atoms with Crippen LogP contribution in [0.4, 0.5) is 5.13 Å². The molecule has 0 unspecified atom stereocenters. The van der Waals surface area contributed by atoms with Crippen LogP contribution in [0, 0.1) is 13.8 Å². The van der Waals surface area contributed by atoms with Crippen molar-refractivity contribution in [3.05, 3.63) is 35.0 Å². The second-order valence-corrected chi connectivity index (χ2v) is 8.50. The number of methoxy groups -OCH3 is 1. The normalized spacial score (nSPS) is 14.9. The SMILES string of the molecule is COc1nn(C)cc1C(=O)N(CCN1CCOCC1)c1nc2c(C)c(C)ccc2s1. The lowest BCUT2D eigenvalue weighted by Gasteiger charge is -2.29. The fourth-order valence-electron chi connectivity index (χ4n) is 3.59. The molecule has 3 heterocycles. The Morgan fingerprint density at radius 3 is 2.80 bits per heavy atom. The summed E-state index contributed by atoms with van der Waals surface area (Å²) in [5.74, 6) is 0.175. The molecule has 1 aliphatic rings. The number of aryl methyl sites for hydroxylation is 3. The first-order valence-corrected chi connectivity index (χ1v) is 10.9. The number of fused-ring (bicyclic) bond motifs is 1. The Hall–Kier alpha value is -2.49. The smallest absolute Gasteiger partial charge is 0.267 e. The van der Waals surface area contributed by atoms with Crippen molar-refractivity contribution in [3.63, 3.8) is 0 Å². The van der Waals surface area contributed by atoms with Crippen molar-refractivity contribution in [3.8, 4) is 5.88 Å². The highest BCUT2D eigenvalue weighted by atomic mass is 32.1. The van der Waals surface area contributed by atoms with Crippen LogP contribution in [-0.2, 0) is 11.8 Å². The fraction of sp³-hybridized carbons (Fsp3) is 0.476. The fourth-order valence-corrected chi connectivity index (χ4v) is 4.64. The van der Waals surface area contributed by atoms with Crippen LogP contribution in [0.25, 0.3) is 10.2 Å². The molecular weight excluding hydrogens is 402 g/mol. The lowest BCUT2D eigenvalue weighted by molar-refractivity contribution is 0.0391. The second-order valence-electron chi connectivity index (χ2n) is 7.49. The zero-order valence-electron chi connectivity index (χ0n) is 17.8. The molecule has 0 atom stereocenters. The summed E-state index contributed by atoms with van der Waals surface area (Å²) in [5, 5.41) is 4.94. The quantitative estimate of drug-likeness (QED) is 0.600. The van der Waals surface area contributed by atoms with E-state index in [0.717, 1.165) is 48.6 Å². The Balaban J connectivity index is 1.69. The van der Waals surface area contributed by atoms with Crippen molar-refractivity contribution in [1.29, 1.82) is 0 Å². The maximum absolute atomic E-state index is 13.6. The minimum atomic E-state index is -0.151. The summed E-state index contributed by atoms with van der Waals surface area (Å²) < 4.78 is 13.5. The van der Waals surface area contributed by atoms with Crippen LogP contribution in [-0.4, -0.2) is 72.1 Å². The summed E-state index contributed by atoms with van der Waals surface area (Å²) in [6, 6.07) is 4.18. The number of aromatic nitrogens is 3. The van der Waals surface area contributed by atoms with Gasteiger partial charge in [0.1, 0.15) is 5.56 Å². The van der Waals surface area contributed by atoms with E-state index < -0.39 is 0 Å². The van der Waals surface area contributed by atoms with Gasteiger partial charge in [-0.1, -0.05) is 17.4 Å². The topological polar surface area (TPSA) is 72.7 Å². The number of hydrogen-bond donors (Lipinski definition) is 0. The summed E-state index contributed by atoms with van der Waals surface area (Å²) in [6.45, 7) is 8.64. The molecule has 30 heavy (non-hydrogen) atoms. The van der Waals surface area contributed by atoms with Crippen LogP contribution in [0.1, 0.15) is 21.5 Å². The first-order chi connectivity index (χ1) is 14.5. The molecule has 2 aromatic heterocycles. The predicted octanol–water partition coefficient (Wildman–Crippen LogP) is 2.63. The maximum Gasteiger partial charge on any atom is 0.267 e. The molecule has 9 heteroatoms. The number of morpholine rings is 1. The van der Waals surface area contributed by atoms with Crippen LogP contribution >= 0.6 is 11.3 Å². The largest absolute Gasteiger partial charge is 0.479 e. The first-order valence-electron chi connectivity index (χ1n) is 10.0. The van der Waals surface area contributed by atoms with Gasteiger partial charge in [-0.25, -0.2) is 4.98 Å². The van der Waals surface area contributed by atoms with Crippen LogP contribution in [0.2, 0.25) is 0 Å². The van der Waals surface area contributed by atoms with E-state index in [4.69, 9.17) is 14.5 Å². The van der Waals surface area contributed by atoms with E-state index in [-0.39, 0.29) is 5.91 Å². The van der Waals surface area contributed by atoms with E-state index in [2.05, 4.69) is 36.0 Å². The number of nitrogens with zero attached hydrogens (tertiary/aromatic N) is 5. The average Bonchev–Trinajstić information content (AvgIpc) is 3.35. The number of ether oxygens (including phenoxy) is 2. The highest BCUT2D eigenvalue weighted by Gasteiger charge is 2.27. The Kier molecular flexibility index (Phi) is 6.03. The number of carbonyl (C=O) groups excluding carboxylic acids is 1. The molecule has 0 saturated carbocycles. The van der Waals surface area contributed by atoms with Gasteiger partial charge in [0.15, 0.2) is 5.13 Å². The molecule has 0 N–H and O–H groups in total. The van der Waals surface area contributed by atoms with E-state index in [1.54, 1.807) is 34.2 Å². The van der Waals surface area contributed by atoms with Gasteiger partial charge in [0.2, 0.25) is 5.88 Å². The van der Waals surface area contributed by atoms with Gasteiger partial charge in [-0.3, -0.25) is 19.3 Å². The third-order valence-electron chi connectivity index (χ3n) is 5.51. The number of anilines is 1. The van der Waals surface area contributed by atoms with Gasteiger partial charge in [0.05, 0.1) is 30.5 Å². The van der Waals surface area contributed by atoms with Gasteiger partial charge in [-0.15, -0.1) is 5.10 Å². The van der Waals surface area contributed by atoms with Gasteiger partial charge in [-0.2, -0.15) is 0 Å². The second kappa shape index (κ2) is 8.71. The Labute approximate surface area is 180 Å². The molecule has 1 aliphatic heterocycles. The van der Waals surface area contributed by atoms with Crippen molar-refractivity contribution >= 4 is 32.6 Å². The number of carbonyl (C=O) groups is 1. The summed E-state index contributed by atoms with van der Waals surface area (Å²) in [7, 11) is 3.31. The number of thiazole rings is 1. The minimum Gasteiger partial charge on any atom is -0.479 e. The molecular formula is C21H27N5O3S. The van der Waals surface area contributed by atoms with Crippen LogP contribution in [0.15, 0.2) is 18.3 Å². The molecule has 8 nitrogen and oxygen atoms in total. The lowest BCUT2D eigenvalue weighted by Crippen LogP contribution is -2.43. The Bertz CT molecular complexity index is 1050. The summed E-state index contributed by atoms with van der Waals surface area (Å²) in [5.41, 5.74) is 3.74. The zero-order chi connectivity index (χ0) is 21.3. The number of benzene rings is 1. The molecule has 0 bridgehead atoms. The molecule has 3 aromatic rings. The zero-order valence-corrected chi connectivity index (χ0v) is 18.7. The first kappa shape index (κ1) is 20.8. The molecule has 1 amide bonds. The van der Waals surface area contributed by atoms with Gasteiger partial charge >= 0.3 is 0 Å². The highest BCUT2D eigenvalue weighted by Crippen LogP contribution is 2.33. The molecule has 0 spiro atoms. The predicted molar refractivity (Wildman–Crippen MR) is 118 cm³/mol. The van der Waals surface area contributed by atoms with E-state index in [9.17, 15) is 4.79 Å². The lowest BCUT2D eigenvalue weighted by atomic mass is 10.1. The molecule has 0 aliphatic carbocycles. The van der Waals surface area contributed by atoms with Gasteiger partial charge in [0.25, 0.3) is 5.91 Å². The van der Waals surface area contributed by atoms with Crippen molar-refractivity contribution in [1.82, 2.24) is 19.7 Å². The third kappa shape index (κ3) is 4.05. The molecule has 160 valence electrons. The molecule has 1 aromatic carbocycles. The van der Waals surface area contributed by atoms with Crippen LogP contribution in [0.3, 0.4) is 0 Å². The van der Waals surface area contributed by atoms with Crippen LogP contribution in [0.5, 0.6) is 5.88 Å². The van der Waals surface area contributed by atoms with Gasteiger partial charge < -0.3 is 9.47 Å². The summed E-state index contributed by atoms with van der Waals surface area (Å²) >= 11 is 1.54. The third-order valence-corrected chi connectivity index (χ3v) is 6.56. The maximum atomic E-state index is 13.6. The number of rotatable bonds is 6. The minimum absolute atomic E-state index is 0.151. The van der Waals surface area contributed by atoms with Gasteiger partial charge in [-0.05, 0) is 31.0 Å². The standard InChI is InChI=1S/C21H27N5O3S/c1-14-5-6-17-18(15(14)2)22-21(30-17)26(8-7-25-9-11-29-12-10-25)20(27)16-13-24(3)23-19(16)28-4/h5-6,13H,7-12H2,1-4H3. The van der Waals surface area contributed by atoms with Crippen LogP contribution < -0.4 is 9.64 Å². The van der Waals surface area contributed by atoms with Crippen molar-refractivity contribution in [2.45, 2.75) is 13.8 Å². The van der Waals surface area contributed by atoms with Crippen molar-refractivity contribution in [2.24, 2.45) is 7.05 Å². The Morgan fingerprint density at radius 1 is 1.30 bits per heavy atom. The monoisotopic (exact) mass is 429 g/mol. The summed E-state index contributed by atoms with van der Waals surface area (Å²) in [6.07, 6.45) is 1.70. The van der Waals surface area contributed by atoms with E-state index in [1.807, 2.05) is 0 Å². The highest BCUT2D eigenvalue weighted by molar-refractivity contribution is 7.22. The number of amides is 1. The van der Waals surface area contributed by atoms with E-state index in [1.165, 1.54) is 12.7 Å². The molecule has 1 fully saturated rings. The summed E-state index contributed by atoms with van der Waals surface area (Å²) in [4.78, 5) is 22.5. The molecule has 0 radical (unpaired) electrons. The van der Waals surface area contributed by atoms with Crippen molar-refractivity contribution in [2.75, 3.05) is 51.4 Å². The molecule has 4 rings (SSSR count). The average molecular weight is 430 g/mol. The van der Waals surface area contributed by atoms with E-state index in [0.29, 0.717) is 23.1 Å². The van der Waals surface area contributed by atoms with Gasteiger partial charge in [0, 0.05) is 39.4 Å². The number of hydrogen-bond acceptors (Lipinski definition) is 7. The Morgan fingerprint density at radius 2 is 2.07 bits per heavy atom. The van der Waals surface area contributed by atoms with E-state index >= 15 is 0 Å². The van der Waals surface area contributed by atoms with Crippen molar-refractivity contribution < 1.29 is 14.3 Å².